The second kappa shape index (κ2) is 7.19. The zero-order valence-electron chi connectivity index (χ0n) is 17.3. The molecule has 0 N–H and O–H groups in total. The molecule has 156 valence electrons. The van der Waals surface area contributed by atoms with Gasteiger partial charge in [-0.2, -0.15) is 5.10 Å². The highest BCUT2D eigenvalue weighted by Crippen LogP contribution is 2.28. The van der Waals surface area contributed by atoms with E-state index < -0.39 is 5.82 Å². The van der Waals surface area contributed by atoms with Gasteiger partial charge < -0.3 is 4.90 Å². The van der Waals surface area contributed by atoms with Crippen LogP contribution in [0.4, 0.5) is 10.1 Å². The van der Waals surface area contributed by atoms with Crippen molar-refractivity contribution in [3.8, 4) is 5.69 Å². The molecule has 1 aliphatic heterocycles. The maximum Gasteiger partial charge on any atom is 0.252 e. The lowest BCUT2D eigenvalue weighted by molar-refractivity contribution is -0.119. The predicted molar refractivity (Wildman–Crippen MR) is 117 cm³/mol. The molecule has 4 aromatic rings. The third kappa shape index (κ3) is 3.13. The topological polar surface area (TPSA) is 60.1 Å². The molecule has 6 nitrogen and oxygen atoms in total. The number of carbonyl (C=O) groups is 1. The van der Waals surface area contributed by atoms with Gasteiger partial charge >= 0.3 is 0 Å². The van der Waals surface area contributed by atoms with Crippen molar-refractivity contribution in [3.63, 3.8) is 0 Å². The molecule has 0 bridgehead atoms. The average molecular weight is 416 g/mol. The van der Waals surface area contributed by atoms with Crippen LogP contribution in [0.1, 0.15) is 16.8 Å². The Kier molecular flexibility index (Phi) is 4.46. The van der Waals surface area contributed by atoms with Gasteiger partial charge in [0.1, 0.15) is 18.0 Å². The Morgan fingerprint density at radius 2 is 1.90 bits per heavy atom. The van der Waals surface area contributed by atoms with E-state index in [0.29, 0.717) is 23.6 Å². The Morgan fingerprint density at radius 1 is 1.10 bits per heavy atom. The third-order valence-corrected chi connectivity index (χ3v) is 5.83. The highest BCUT2D eigenvalue weighted by Gasteiger charge is 2.26. The van der Waals surface area contributed by atoms with Crippen LogP contribution in [-0.2, 0) is 17.8 Å². The van der Waals surface area contributed by atoms with E-state index in [9.17, 15) is 14.0 Å². The summed E-state index contributed by atoms with van der Waals surface area (Å²) in [5, 5.41) is 5.36. The van der Waals surface area contributed by atoms with Crippen LogP contribution < -0.4 is 10.5 Å². The summed E-state index contributed by atoms with van der Waals surface area (Å²) < 4.78 is 16.9. The van der Waals surface area contributed by atoms with Gasteiger partial charge in [0.25, 0.3) is 5.56 Å². The molecule has 3 heterocycles. The van der Waals surface area contributed by atoms with Crippen molar-refractivity contribution in [1.82, 2.24) is 14.3 Å². The van der Waals surface area contributed by atoms with E-state index in [-0.39, 0.29) is 18.0 Å². The van der Waals surface area contributed by atoms with Crippen LogP contribution in [0.3, 0.4) is 0 Å². The summed E-state index contributed by atoms with van der Waals surface area (Å²) in [5.41, 5.74) is 4.20. The molecular weight excluding hydrogens is 395 g/mol. The first-order chi connectivity index (χ1) is 14.9. The number of fused-ring (bicyclic) bond motifs is 2. The SMILES string of the molecule is Cc1cc(=O)n(CC(=O)N2CCc3ccccc32)c2c1c(C)nn2-c1cccc(F)c1. The average Bonchev–Trinajstić information content (AvgIpc) is 3.32. The Balaban J connectivity index is 1.65. The number of hydrogen-bond acceptors (Lipinski definition) is 3. The summed E-state index contributed by atoms with van der Waals surface area (Å²) in [6, 6.07) is 15.4. The molecule has 0 aliphatic carbocycles. The first-order valence-corrected chi connectivity index (χ1v) is 10.2. The molecule has 0 fully saturated rings. The standard InChI is InChI=1S/C24H21FN4O2/c1-15-12-21(30)28(14-22(31)27-11-10-17-6-3-4-9-20(17)27)24-23(15)16(2)26-29(24)19-8-5-7-18(25)13-19/h3-9,12-13H,10-11,14H2,1-2H3. The van der Waals surface area contributed by atoms with Gasteiger partial charge in [0.2, 0.25) is 5.91 Å². The Hall–Kier alpha value is -3.74. The van der Waals surface area contributed by atoms with Crippen molar-refractivity contribution >= 4 is 22.6 Å². The number of aromatic nitrogens is 3. The first kappa shape index (κ1) is 19.2. The number of pyridine rings is 1. The fourth-order valence-electron chi connectivity index (χ4n) is 4.42. The van der Waals surface area contributed by atoms with E-state index in [1.807, 2.05) is 38.1 Å². The second-order valence-corrected chi connectivity index (χ2v) is 7.85. The van der Waals surface area contributed by atoms with Crippen molar-refractivity contribution in [2.75, 3.05) is 11.4 Å². The first-order valence-electron chi connectivity index (χ1n) is 10.2. The van der Waals surface area contributed by atoms with E-state index >= 15 is 0 Å². The van der Waals surface area contributed by atoms with Gasteiger partial charge in [-0.05, 0) is 55.7 Å². The number of amides is 1. The molecule has 0 radical (unpaired) electrons. The van der Waals surface area contributed by atoms with E-state index in [4.69, 9.17) is 0 Å². The number of hydrogen-bond donors (Lipinski definition) is 0. The number of halogens is 1. The number of benzene rings is 2. The molecule has 0 atom stereocenters. The number of aryl methyl sites for hydroxylation is 2. The van der Waals surface area contributed by atoms with Crippen molar-refractivity contribution in [2.24, 2.45) is 0 Å². The maximum absolute atomic E-state index is 13.9. The molecule has 0 saturated heterocycles. The number of nitrogens with zero attached hydrogens (tertiary/aromatic N) is 4. The minimum atomic E-state index is -0.398. The van der Waals surface area contributed by atoms with Crippen LogP contribution in [0.5, 0.6) is 0 Å². The van der Waals surface area contributed by atoms with Gasteiger partial charge in [-0.3, -0.25) is 14.2 Å². The Bertz CT molecular complexity index is 1400. The van der Waals surface area contributed by atoms with Crippen LogP contribution >= 0.6 is 0 Å². The van der Waals surface area contributed by atoms with Gasteiger partial charge in [0, 0.05) is 23.7 Å². The number of rotatable bonds is 3. The van der Waals surface area contributed by atoms with E-state index in [0.717, 1.165) is 28.6 Å². The number of carbonyl (C=O) groups excluding carboxylic acids is 1. The summed E-state index contributed by atoms with van der Waals surface area (Å²) in [5.74, 6) is -0.563. The normalized spacial score (nSPS) is 13.1. The largest absolute Gasteiger partial charge is 0.310 e. The number of para-hydroxylation sites is 1. The summed E-state index contributed by atoms with van der Waals surface area (Å²) in [7, 11) is 0. The second-order valence-electron chi connectivity index (χ2n) is 7.85. The smallest absolute Gasteiger partial charge is 0.252 e. The fourth-order valence-corrected chi connectivity index (χ4v) is 4.42. The monoisotopic (exact) mass is 416 g/mol. The molecule has 0 spiro atoms. The molecule has 2 aromatic carbocycles. The van der Waals surface area contributed by atoms with Crippen LogP contribution in [0.25, 0.3) is 16.7 Å². The zero-order chi connectivity index (χ0) is 21.7. The minimum Gasteiger partial charge on any atom is -0.310 e. The minimum absolute atomic E-state index is 0.121. The highest BCUT2D eigenvalue weighted by atomic mass is 19.1. The summed E-state index contributed by atoms with van der Waals surface area (Å²) >= 11 is 0. The molecule has 5 rings (SSSR count). The van der Waals surface area contributed by atoms with E-state index in [2.05, 4.69) is 5.10 Å². The highest BCUT2D eigenvalue weighted by molar-refractivity contribution is 5.96. The molecule has 2 aromatic heterocycles. The van der Waals surface area contributed by atoms with Crippen molar-refractivity contribution < 1.29 is 9.18 Å². The lowest BCUT2D eigenvalue weighted by atomic mass is 10.1. The molecule has 0 saturated carbocycles. The summed E-state index contributed by atoms with van der Waals surface area (Å²) in [4.78, 5) is 28.0. The lowest BCUT2D eigenvalue weighted by Gasteiger charge is -2.19. The molecule has 1 amide bonds. The number of anilines is 1. The molecule has 7 heteroatoms. The van der Waals surface area contributed by atoms with Crippen molar-refractivity contribution in [1.29, 1.82) is 0 Å². The van der Waals surface area contributed by atoms with Gasteiger partial charge in [0.15, 0.2) is 0 Å². The van der Waals surface area contributed by atoms with Crippen LogP contribution in [0.2, 0.25) is 0 Å². The van der Waals surface area contributed by atoms with Gasteiger partial charge in [-0.25, -0.2) is 9.07 Å². The maximum atomic E-state index is 13.9. The third-order valence-electron chi connectivity index (χ3n) is 5.83. The lowest BCUT2D eigenvalue weighted by Crippen LogP contribution is -2.36. The predicted octanol–water partition coefficient (Wildman–Crippen LogP) is 3.53. The van der Waals surface area contributed by atoms with E-state index in [1.165, 1.54) is 22.8 Å². The Labute approximate surface area is 178 Å². The van der Waals surface area contributed by atoms with Crippen LogP contribution in [0.15, 0.2) is 59.4 Å². The summed E-state index contributed by atoms with van der Waals surface area (Å²) in [6.07, 6.45) is 0.792. The molecule has 0 unspecified atom stereocenters. The molecular formula is C24H21FN4O2. The quantitative estimate of drug-likeness (QED) is 0.513. The van der Waals surface area contributed by atoms with Gasteiger partial charge in [0.05, 0.1) is 11.4 Å². The zero-order valence-corrected chi connectivity index (χ0v) is 17.3. The van der Waals surface area contributed by atoms with Crippen LogP contribution in [0, 0.1) is 19.7 Å². The summed E-state index contributed by atoms with van der Waals surface area (Å²) in [6.45, 7) is 4.16. The van der Waals surface area contributed by atoms with Crippen LogP contribution in [-0.4, -0.2) is 26.8 Å². The van der Waals surface area contributed by atoms with Crippen molar-refractivity contribution in [3.05, 3.63) is 87.6 Å². The fraction of sp³-hybridized carbons (Fsp3) is 0.208. The molecule has 31 heavy (non-hydrogen) atoms. The molecule has 1 aliphatic rings. The van der Waals surface area contributed by atoms with Gasteiger partial charge in [-0.15, -0.1) is 0 Å². The Morgan fingerprint density at radius 3 is 2.71 bits per heavy atom. The van der Waals surface area contributed by atoms with Gasteiger partial charge in [-0.1, -0.05) is 24.3 Å². The van der Waals surface area contributed by atoms with Crippen molar-refractivity contribution in [2.45, 2.75) is 26.8 Å². The van der Waals surface area contributed by atoms with E-state index in [1.54, 1.807) is 21.7 Å².